The molecule has 0 bridgehead atoms. The van der Waals surface area contributed by atoms with E-state index in [1.54, 1.807) is 12.1 Å². The predicted molar refractivity (Wildman–Crippen MR) is 121 cm³/mol. The molecule has 156 valence electrons. The summed E-state index contributed by atoms with van der Waals surface area (Å²) in [5.74, 6) is 0.925. The third kappa shape index (κ3) is 4.89. The smallest absolute Gasteiger partial charge is 0.336 e. The fraction of sp³-hybridized carbons (Fsp3) is 0.192. The van der Waals surface area contributed by atoms with Crippen molar-refractivity contribution in [3.05, 3.63) is 107 Å². The average molecular weight is 412 g/mol. The van der Waals surface area contributed by atoms with Gasteiger partial charge in [0.2, 0.25) is 0 Å². The molecule has 1 heterocycles. The van der Waals surface area contributed by atoms with Crippen LogP contribution in [0.4, 0.5) is 0 Å². The number of aromatic nitrogens is 3. The Hall–Kier alpha value is -3.73. The van der Waals surface area contributed by atoms with Gasteiger partial charge in [0.1, 0.15) is 5.82 Å². The molecule has 0 saturated carbocycles. The topological polar surface area (TPSA) is 68.0 Å². The molecule has 0 aliphatic carbocycles. The van der Waals surface area contributed by atoms with Gasteiger partial charge in [-0.05, 0) is 34.7 Å². The first-order chi connectivity index (χ1) is 15.1. The zero-order valence-electron chi connectivity index (χ0n) is 17.5. The predicted octanol–water partition coefficient (Wildman–Crippen LogP) is 5.04. The lowest BCUT2D eigenvalue weighted by Crippen LogP contribution is -2.06. The van der Waals surface area contributed by atoms with E-state index >= 15 is 0 Å². The van der Waals surface area contributed by atoms with Gasteiger partial charge in [-0.15, -0.1) is 0 Å². The number of hydrogen-bond donors (Lipinski definition) is 1. The number of carboxylic acids is 1. The van der Waals surface area contributed by atoms with Gasteiger partial charge in [0, 0.05) is 12.8 Å². The van der Waals surface area contributed by atoms with Gasteiger partial charge in [0.25, 0.3) is 0 Å². The van der Waals surface area contributed by atoms with Crippen molar-refractivity contribution in [2.75, 3.05) is 0 Å². The standard InChI is InChI=1S/C26H25N3O2/c1-2-25-27-24(17-14-19-8-4-3-5-9-19)28-29(25)18-20-12-15-21(16-13-20)22-10-6-7-11-23(22)26(30)31/h3-13,15-16H,2,14,17-18H2,1H3,(H,30,31). The molecule has 0 aliphatic heterocycles. The molecule has 0 saturated heterocycles. The number of benzene rings is 3. The molecule has 3 aromatic carbocycles. The minimum absolute atomic E-state index is 0.308. The second-order valence-electron chi connectivity index (χ2n) is 7.49. The summed E-state index contributed by atoms with van der Waals surface area (Å²) in [5.41, 5.74) is 4.31. The van der Waals surface area contributed by atoms with Crippen LogP contribution in [0.15, 0.2) is 78.9 Å². The Morgan fingerprint density at radius 1 is 0.871 bits per heavy atom. The Morgan fingerprint density at radius 3 is 2.29 bits per heavy atom. The molecule has 0 atom stereocenters. The molecular weight excluding hydrogens is 386 g/mol. The molecule has 0 unspecified atom stereocenters. The van der Waals surface area contributed by atoms with Gasteiger partial charge in [-0.1, -0.05) is 79.7 Å². The fourth-order valence-corrected chi connectivity index (χ4v) is 3.70. The van der Waals surface area contributed by atoms with E-state index in [1.807, 2.05) is 47.1 Å². The Kier molecular flexibility index (Phi) is 6.22. The zero-order chi connectivity index (χ0) is 21.6. The summed E-state index contributed by atoms with van der Waals surface area (Å²) in [6.07, 6.45) is 2.56. The van der Waals surface area contributed by atoms with E-state index in [9.17, 15) is 9.90 Å². The van der Waals surface area contributed by atoms with E-state index in [1.165, 1.54) is 5.56 Å². The molecule has 5 heteroatoms. The summed E-state index contributed by atoms with van der Waals surface area (Å²) in [6.45, 7) is 2.73. The summed E-state index contributed by atoms with van der Waals surface area (Å²) in [4.78, 5) is 16.2. The van der Waals surface area contributed by atoms with Gasteiger partial charge in [-0.2, -0.15) is 5.10 Å². The zero-order valence-corrected chi connectivity index (χ0v) is 17.5. The molecule has 1 aromatic heterocycles. The maximum Gasteiger partial charge on any atom is 0.336 e. The van der Waals surface area contributed by atoms with Crippen LogP contribution in [0, 0.1) is 0 Å². The summed E-state index contributed by atoms with van der Waals surface area (Å²) in [6, 6.07) is 25.4. The van der Waals surface area contributed by atoms with Crippen LogP contribution in [0.3, 0.4) is 0 Å². The Labute approximate surface area is 182 Å². The number of rotatable bonds is 8. The van der Waals surface area contributed by atoms with Crippen LogP contribution in [0.25, 0.3) is 11.1 Å². The molecule has 31 heavy (non-hydrogen) atoms. The highest BCUT2D eigenvalue weighted by molar-refractivity contribution is 5.95. The number of carbonyl (C=O) groups is 1. The highest BCUT2D eigenvalue weighted by atomic mass is 16.4. The number of aromatic carboxylic acids is 1. The number of nitrogens with zero attached hydrogens (tertiary/aromatic N) is 3. The van der Waals surface area contributed by atoms with Crippen molar-refractivity contribution >= 4 is 5.97 Å². The largest absolute Gasteiger partial charge is 0.478 e. The highest BCUT2D eigenvalue weighted by Gasteiger charge is 2.12. The SMILES string of the molecule is CCc1nc(CCc2ccccc2)nn1Cc1ccc(-c2ccccc2C(=O)O)cc1. The van der Waals surface area contributed by atoms with Crippen LogP contribution in [-0.2, 0) is 25.8 Å². The van der Waals surface area contributed by atoms with Crippen LogP contribution < -0.4 is 0 Å². The van der Waals surface area contributed by atoms with Crippen LogP contribution in [0.1, 0.15) is 40.1 Å². The van der Waals surface area contributed by atoms with Crippen LogP contribution in [0.5, 0.6) is 0 Å². The van der Waals surface area contributed by atoms with Crippen LogP contribution >= 0.6 is 0 Å². The van der Waals surface area contributed by atoms with Gasteiger partial charge in [-0.25, -0.2) is 14.5 Å². The molecule has 0 aliphatic rings. The maximum absolute atomic E-state index is 11.5. The van der Waals surface area contributed by atoms with Crippen LogP contribution in [-0.4, -0.2) is 25.8 Å². The molecule has 0 radical (unpaired) electrons. The molecule has 4 aromatic rings. The quantitative estimate of drug-likeness (QED) is 0.441. The Balaban J connectivity index is 1.49. The first kappa shape index (κ1) is 20.5. The van der Waals surface area contributed by atoms with E-state index in [0.29, 0.717) is 12.1 Å². The maximum atomic E-state index is 11.5. The van der Waals surface area contributed by atoms with Crippen molar-refractivity contribution in [3.63, 3.8) is 0 Å². The normalized spacial score (nSPS) is 10.9. The summed E-state index contributed by atoms with van der Waals surface area (Å²) < 4.78 is 1.97. The lowest BCUT2D eigenvalue weighted by molar-refractivity contribution is 0.0697. The minimum Gasteiger partial charge on any atom is -0.478 e. The van der Waals surface area contributed by atoms with Crippen molar-refractivity contribution in [3.8, 4) is 11.1 Å². The third-order valence-electron chi connectivity index (χ3n) is 5.34. The van der Waals surface area contributed by atoms with Gasteiger partial charge in [0.15, 0.2) is 5.82 Å². The van der Waals surface area contributed by atoms with E-state index in [0.717, 1.165) is 47.6 Å². The molecule has 1 N–H and O–H groups in total. The lowest BCUT2D eigenvalue weighted by Gasteiger charge is -2.08. The van der Waals surface area contributed by atoms with Crippen molar-refractivity contribution in [2.24, 2.45) is 0 Å². The first-order valence-corrected chi connectivity index (χ1v) is 10.5. The first-order valence-electron chi connectivity index (χ1n) is 10.5. The van der Waals surface area contributed by atoms with Gasteiger partial charge in [-0.3, -0.25) is 0 Å². The second kappa shape index (κ2) is 9.39. The minimum atomic E-state index is -0.919. The molecule has 4 rings (SSSR count). The Morgan fingerprint density at radius 2 is 1.58 bits per heavy atom. The Bertz CT molecular complexity index is 1160. The summed E-state index contributed by atoms with van der Waals surface area (Å²) in [5, 5.41) is 14.2. The van der Waals surface area contributed by atoms with Crippen molar-refractivity contribution in [2.45, 2.75) is 32.7 Å². The summed E-state index contributed by atoms with van der Waals surface area (Å²) >= 11 is 0. The number of carboxylic acid groups (broad SMARTS) is 1. The van der Waals surface area contributed by atoms with E-state index in [4.69, 9.17) is 10.1 Å². The molecule has 0 amide bonds. The highest BCUT2D eigenvalue weighted by Crippen LogP contribution is 2.24. The van der Waals surface area contributed by atoms with Crippen molar-refractivity contribution < 1.29 is 9.90 Å². The number of hydrogen-bond acceptors (Lipinski definition) is 3. The average Bonchev–Trinajstić information content (AvgIpc) is 3.20. The molecule has 0 spiro atoms. The van der Waals surface area contributed by atoms with Gasteiger partial charge >= 0.3 is 5.97 Å². The van der Waals surface area contributed by atoms with Gasteiger partial charge in [0.05, 0.1) is 12.1 Å². The molecular formula is C26H25N3O2. The number of aryl methyl sites for hydroxylation is 3. The fourth-order valence-electron chi connectivity index (χ4n) is 3.70. The van der Waals surface area contributed by atoms with Crippen LogP contribution in [0.2, 0.25) is 0 Å². The monoisotopic (exact) mass is 411 g/mol. The molecule has 0 fully saturated rings. The van der Waals surface area contributed by atoms with Gasteiger partial charge < -0.3 is 5.11 Å². The lowest BCUT2D eigenvalue weighted by atomic mass is 9.99. The van der Waals surface area contributed by atoms with E-state index in [2.05, 4.69) is 31.2 Å². The summed E-state index contributed by atoms with van der Waals surface area (Å²) in [7, 11) is 0. The molecule has 5 nitrogen and oxygen atoms in total. The van der Waals surface area contributed by atoms with E-state index in [-0.39, 0.29) is 0 Å². The van der Waals surface area contributed by atoms with Crippen molar-refractivity contribution in [1.29, 1.82) is 0 Å². The second-order valence-corrected chi connectivity index (χ2v) is 7.49. The third-order valence-corrected chi connectivity index (χ3v) is 5.34. The van der Waals surface area contributed by atoms with E-state index < -0.39 is 5.97 Å². The van der Waals surface area contributed by atoms with Crippen molar-refractivity contribution in [1.82, 2.24) is 14.8 Å².